The van der Waals surface area contributed by atoms with Crippen molar-refractivity contribution in [3.05, 3.63) is 12.8 Å². The third-order valence-electron chi connectivity index (χ3n) is 0.204. The smallest absolute Gasteiger partial charge is 0.780 e. The van der Waals surface area contributed by atoms with Crippen molar-refractivity contribution in [2.24, 2.45) is 0 Å². The van der Waals surface area contributed by atoms with Crippen LogP contribution in [0.2, 0.25) is 0 Å². The molecule has 0 atom stereocenters. The number of hydrogen-bond donors (Lipinski definition) is 0. The Hall–Kier alpha value is 1.26. The summed E-state index contributed by atoms with van der Waals surface area (Å²) in [5.41, 5.74) is 0. The van der Waals surface area contributed by atoms with Crippen LogP contribution in [-0.2, 0) is 9.09 Å². The molecule has 4 nitrogen and oxygen atoms in total. The summed E-state index contributed by atoms with van der Waals surface area (Å²) in [5, 5.41) is 0. The molecule has 6 heteroatoms. The minimum Gasteiger partial charge on any atom is -0.780 e. The molecule has 0 heterocycles. The molecule has 0 unspecified atom stereocenters. The Bertz CT molecular complexity index is 107. The molecule has 0 rings (SSSR count). The van der Waals surface area contributed by atoms with Crippen LogP contribution in [0.15, 0.2) is 12.8 Å². The molecule has 0 amide bonds. The van der Waals surface area contributed by atoms with E-state index in [-0.39, 0.29) is 48.9 Å². The molecule has 8 heavy (non-hydrogen) atoms. The molecule has 0 saturated carbocycles. The predicted octanol–water partition coefficient (Wildman–Crippen LogP) is -1.41. The number of phosphoric ester groups is 1. The van der Waals surface area contributed by atoms with E-state index in [1.165, 1.54) is 0 Å². The average Bonchev–Trinajstić information content (AvgIpc) is 1.30. The van der Waals surface area contributed by atoms with Crippen LogP contribution in [0.3, 0.4) is 0 Å². The fraction of sp³-hybridized carbons (Fsp3) is 0. The summed E-state index contributed by atoms with van der Waals surface area (Å²) >= 11 is 0. The summed E-state index contributed by atoms with van der Waals surface area (Å²) in [6.07, 6.45) is 0.570. The van der Waals surface area contributed by atoms with Crippen molar-refractivity contribution in [1.82, 2.24) is 0 Å². The molecule has 0 radical (unpaired) electrons. The standard InChI is InChI=1S/C2H5O4P.Ba/c1-2-6-7(3,4)5;/h2H,1H2,(H2,3,4,5);/q;+2/p-2. The van der Waals surface area contributed by atoms with Crippen molar-refractivity contribution in [3.8, 4) is 0 Å². The van der Waals surface area contributed by atoms with E-state index in [9.17, 15) is 14.4 Å². The van der Waals surface area contributed by atoms with Gasteiger partial charge in [-0.15, -0.1) is 0 Å². The van der Waals surface area contributed by atoms with Gasteiger partial charge >= 0.3 is 48.9 Å². The molecule has 0 aliphatic carbocycles. The van der Waals surface area contributed by atoms with Gasteiger partial charge in [-0.2, -0.15) is 0 Å². The zero-order chi connectivity index (χ0) is 5.91. The second kappa shape index (κ2) is 5.08. The van der Waals surface area contributed by atoms with E-state index in [1.807, 2.05) is 0 Å². The van der Waals surface area contributed by atoms with Gasteiger partial charge in [0, 0.05) is 0 Å². The van der Waals surface area contributed by atoms with Crippen LogP contribution < -0.4 is 9.79 Å². The largest absolute Gasteiger partial charge is 2.00 e. The zero-order valence-electron chi connectivity index (χ0n) is 4.07. The Morgan fingerprint density at radius 1 is 1.62 bits per heavy atom. The molecule has 0 aromatic heterocycles. The first-order valence-electron chi connectivity index (χ1n) is 1.37. The molecule has 0 fully saturated rings. The van der Waals surface area contributed by atoms with Crippen molar-refractivity contribution in [2.45, 2.75) is 0 Å². The van der Waals surface area contributed by atoms with Gasteiger partial charge in [0.2, 0.25) is 0 Å². The first kappa shape index (κ1) is 12.0. The fourth-order valence-electron chi connectivity index (χ4n) is 0.0913. The Balaban J connectivity index is 0. The summed E-state index contributed by atoms with van der Waals surface area (Å²) in [7, 11) is -4.78. The van der Waals surface area contributed by atoms with Crippen LogP contribution >= 0.6 is 7.82 Å². The van der Waals surface area contributed by atoms with Gasteiger partial charge in [-0.05, 0) is 0 Å². The monoisotopic (exact) mass is 260 g/mol. The summed E-state index contributed by atoms with van der Waals surface area (Å²) in [4.78, 5) is 18.8. The normalized spacial score (nSPS) is 9.25. The van der Waals surface area contributed by atoms with Crippen molar-refractivity contribution in [2.75, 3.05) is 0 Å². The van der Waals surface area contributed by atoms with Gasteiger partial charge in [0.15, 0.2) is 0 Å². The fourth-order valence-corrected chi connectivity index (χ4v) is 0.274. The number of hydrogen-bond acceptors (Lipinski definition) is 4. The molecule has 0 aromatic carbocycles. The average molecular weight is 259 g/mol. The quantitative estimate of drug-likeness (QED) is 0.347. The maximum atomic E-state index is 9.41. The van der Waals surface area contributed by atoms with Crippen LogP contribution in [0.1, 0.15) is 0 Å². The summed E-state index contributed by atoms with van der Waals surface area (Å²) < 4.78 is 12.8. The Labute approximate surface area is 87.2 Å². The summed E-state index contributed by atoms with van der Waals surface area (Å²) in [6, 6.07) is 0. The second-order valence-corrected chi connectivity index (χ2v) is 1.82. The first-order chi connectivity index (χ1) is 3.06. The topological polar surface area (TPSA) is 72.4 Å². The molecule has 42 valence electrons. The van der Waals surface area contributed by atoms with Crippen LogP contribution in [-0.4, -0.2) is 48.9 Å². The molecule has 0 aliphatic rings. The van der Waals surface area contributed by atoms with E-state index in [2.05, 4.69) is 11.1 Å². The van der Waals surface area contributed by atoms with Gasteiger partial charge in [0.1, 0.15) is 7.82 Å². The second-order valence-electron chi connectivity index (χ2n) is 0.719. The Morgan fingerprint density at radius 2 is 2.00 bits per heavy atom. The first-order valence-corrected chi connectivity index (χ1v) is 2.83. The van der Waals surface area contributed by atoms with E-state index in [0.29, 0.717) is 6.26 Å². The van der Waals surface area contributed by atoms with E-state index in [1.54, 1.807) is 0 Å². The molecule has 0 N–H and O–H groups in total. The van der Waals surface area contributed by atoms with Crippen molar-refractivity contribution < 1.29 is 18.9 Å². The Kier molecular flexibility index (Phi) is 7.61. The third-order valence-corrected chi connectivity index (χ3v) is 0.611. The third kappa shape index (κ3) is 10.3. The van der Waals surface area contributed by atoms with Gasteiger partial charge < -0.3 is 18.9 Å². The van der Waals surface area contributed by atoms with E-state index < -0.39 is 7.82 Å². The van der Waals surface area contributed by atoms with Crippen LogP contribution in [0.5, 0.6) is 0 Å². The van der Waals surface area contributed by atoms with Crippen molar-refractivity contribution >= 4 is 56.7 Å². The minimum atomic E-state index is -4.78. The summed E-state index contributed by atoms with van der Waals surface area (Å²) in [5.74, 6) is 0. The molecule has 0 aromatic rings. The zero-order valence-corrected chi connectivity index (χ0v) is 9.41. The molecule has 0 aliphatic heterocycles. The van der Waals surface area contributed by atoms with Gasteiger partial charge in [-0.1, -0.05) is 6.58 Å². The van der Waals surface area contributed by atoms with E-state index in [4.69, 9.17) is 0 Å². The van der Waals surface area contributed by atoms with E-state index in [0.717, 1.165) is 0 Å². The van der Waals surface area contributed by atoms with Gasteiger partial charge in [-0.25, -0.2) is 0 Å². The number of rotatable bonds is 2. The van der Waals surface area contributed by atoms with Gasteiger partial charge in [0.25, 0.3) is 0 Å². The predicted molar refractivity (Wildman–Crippen MR) is 24.6 cm³/mol. The molecular weight excluding hydrogens is 256 g/mol. The maximum Gasteiger partial charge on any atom is 2.00 e. The minimum absolute atomic E-state index is 0. The van der Waals surface area contributed by atoms with E-state index >= 15 is 0 Å². The van der Waals surface area contributed by atoms with Crippen LogP contribution in [0.25, 0.3) is 0 Å². The van der Waals surface area contributed by atoms with Gasteiger partial charge in [0.05, 0.1) is 6.26 Å². The number of phosphoric acid groups is 1. The van der Waals surface area contributed by atoms with Gasteiger partial charge in [-0.3, -0.25) is 0 Å². The molecule has 0 bridgehead atoms. The summed E-state index contributed by atoms with van der Waals surface area (Å²) in [6.45, 7) is 2.85. The van der Waals surface area contributed by atoms with Crippen LogP contribution in [0, 0.1) is 0 Å². The molecular formula is C2H3BaO4P. The van der Waals surface area contributed by atoms with Crippen LogP contribution in [0.4, 0.5) is 0 Å². The Morgan fingerprint density at radius 3 is 2.00 bits per heavy atom. The molecule has 0 spiro atoms. The maximum absolute atomic E-state index is 9.41. The molecule has 0 saturated heterocycles. The van der Waals surface area contributed by atoms with Crippen molar-refractivity contribution in [3.63, 3.8) is 0 Å². The SMILES string of the molecule is C=COP(=O)([O-])[O-].[Ba+2]. The van der Waals surface area contributed by atoms with Crippen molar-refractivity contribution in [1.29, 1.82) is 0 Å².